The second-order valence-corrected chi connectivity index (χ2v) is 6.52. The van der Waals surface area contributed by atoms with Gasteiger partial charge < -0.3 is 29.2 Å². The molecule has 0 saturated carbocycles. The molecular weight excluding hydrogens is 348 g/mol. The zero-order valence-corrected chi connectivity index (χ0v) is 15.3. The first-order valence-electron chi connectivity index (χ1n) is 9.00. The molecule has 2 aromatic carbocycles. The largest absolute Gasteiger partial charge is 0.387 e. The van der Waals surface area contributed by atoms with E-state index in [4.69, 9.17) is 18.9 Å². The molecule has 146 valence electrons. The second-order valence-electron chi connectivity index (χ2n) is 6.52. The summed E-state index contributed by atoms with van der Waals surface area (Å²) in [6, 6.07) is 19.3. The van der Waals surface area contributed by atoms with Crippen molar-refractivity contribution in [3.8, 4) is 0 Å². The lowest BCUT2D eigenvalue weighted by molar-refractivity contribution is -0.307. The summed E-state index contributed by atoms with van der Waals surface area (Å²) in [7, 11) is 1.48. The van der Waals surface area contributed by atoms with Gasteiger partial charge in [0.1, 0.15) is 24.4 Å². The van der Waals surface area contributed by atoms with Crippen molar-refractivity contribution < 1.29 is 29.2 Å². The lowest BCUT2D eigenvalue weighted by Crippen LogP contribution is -2.59. The van der Waals surface area contributed by atoms with Gasteiger partial charge in [0.15, 0.2) is 6.29 Å². The molecule has 0 spiro atoms. The van der Waals surface area contributed by atoms with Crippen molar-refractivity contribution >= 4 is 0 Å². The molecule has 6 nitrogen and oxygen atoms in total. The molecule has 0 aromatic heterocycles. The van der Waals surface area contributed by atoms with Gasteiger partial charge in [0, 0.05) is 7.11 Å². The molecule has 3 unspecified atom stereocenters. The van der Waals surface area contributed by atoms with Crippen LogP contribution in [-0.2, 0) is 32.2 Å². The number of rotatable bonds is 8. The summed E-state index contributed by atoms with van der Waals surface area (Å²) in [5, 5.41) is 20.9. The minimum atomic E-state index is -1.14. The normalized spacial score (nSPS) is 28.2. The highest BCUT2D eigenvalue weighted by Crippen LogP contribution is 2.25. The molecule has 1 aliphatic rings. The summed E-state index contributed by atoms with van der Waals surface area (Å²) in [5.41, 5.74) is 1.98. The number of hydrogen-bond donors (Lipinski definition) is 2. The van der Waals surface area contributed by atoms with Gasteiger partial charge in [0.05, 0.1) is 19.8 Å². The molecule has 27 heavy (non-hydrogen) atoms. The van der Waals surface area contributed by atoms with Crippen LogP contribution in [0.25, 0.3) is 0 Å². The predicted octanol–water partition coefficient (Wildman–Crippen LogP) is 1.88. The molecule has 0 radical (unpaired) electrons. The molecule has 0 bridgehead atoms. The molecule has 0 aliphatic carbocycles. The van der Waals surface area contributed by atoms with Crippen molar-refractivity contribution in [3.05, 3.63) is 71.8 Å². The van der Waals surface area contributed by atoms with E-state index in [1.807, 2.05) is 60.7 Å². The van der Waals surface area contributed by atoms with E-state index in [0.717, 1.165) is 11.1 Å². The third-order valence-corrected chi connectivity index (χ3v) is 4.56. The van der Waals surface area contributed by atoms with Crippen molar-refractivity contribution in [1.29, 1.82) is 0 Å². The summed E-state index contributed by atoms with van der Waals surface area (Å²) in [5.74, 6) is 0. The first-order valence-corrected chi connectivity index (χ1v) is 9.00. The molecule has 1 saturated heterocycles. The van der Waals surface area contributed by atoms with Gasteiger partial charge in [-0.2, -0.15) is 0 Å². The van der Waals surface area contributed by atoms with E-state index in [2.05, 4.69) is 0 Å². The first-order chi connectivity index (χ1) is 13.2. The number of benzene rings is 2. The van der Waals surface area contributed by atoms with E-state index >= 15 is 0 Å². The van der Waals surface area contributed by atoms with E-state index < -0.39 is 30.7 Å². The van der Waals surface area contributed by atoms with Crippen LogP contribution in [0.15, 0.2) is 60.7 Å². The molecule has 1 fully saturated rings. The number of hydrogen-bond acceptors (Lipinski definition) is 6. The van der Waals surface area contributed by atoms with Crippen LogP contribution in [0.5, 0.6) is 0 Å². The van der Waals surface area contributed by atoms with Crippen LogP contribution in [0.1, 0.15) is 11.1 Å². The fourth-order valence-electron chi connectivity index (χ4n) is 3.04. The zero-order valence-electron chi connectivity index (χ0n) is 15.3. The van der Waals surface area contributed by atoms with Crippen LogP contribution >= 0.6 is 0 Å². The maximum atomic E-state index is 10.5. The maximum Gasteiger partial charge on any atom is 0.186 e. The highest BCUT2D eigenvalue weighted by Gasteiger charge is 2.45. The summed E-state index contributed by atoms with van der Waals surface area (Å²) in [6.07, 6.45) is -4.57. The van der Waals surface area contributed by atoms with Gasteiger partial charge in [0.2, 0.25) is 0 Å². The van der Waals surface area contributed by atoms with Gasteiger partial charge >= 0.3 is 0 Å². The van der Waals surface area contributed by atoms with Crippen LogP contribution in [0.4, 0.5) is 0 Å². The van der Waals surface area contributed by atoms with E-state index in [-0.39, 0.29) is 13.2 Å². The third kappa shape index (κ3) is 5.35. The zero-order chi connectivity index (χ0) is 19.1. The Morgan fingerprint density at radius 2 is 1.44 bits per heavy atom. The number of aliphatic hydroxyl groups excluding tert-OH is 2. The Balaban J connectivity index is 1.54. The lowest BCUT2D eigenvalue weighted by Gasteiger charge is -2.41. The first kappa shape index (κ1) is 19.9. The van der Waals surface area contributed by atoms with Crippen LogP contribution in [-0.4, -0.2) is 54.6 Å². The molecule has 2 aromatic rings. The molecule has 0 amide bonds. The predicted molar refractivity (Wildman–Crippen MR) is 98.8 cm³/mol. The Kier molecular flexibility index (Phi) is 7.34. The Morgan fingerprint density at radius 1 is 0.852 bits per heavy atom. The summed E-state index contributed by atoms with van der Waals surface area (Å²) in [4.78, 5) is 0. The van der Waals surface area contributed by atoms with Crippen molar-refractivity contribution in [3.63, 3.8) is 0 Å². The van der Waals surface area contributed by atoms with Gasteiger partial charge in [0.25, 0.3) is 0 Å². The number of aliphatic hydroxyl groups is 2. The molecular formula is C21H26O6. The lowest BCUT2D eigenvalue weighted by atomic mass is 9.99. The molecule has 5 atom stereocenters. The molecule has 1 heterocycles. The number of ether oxygens (including phenoxy) is 4. The van der Waals surface area contributed by atoms with Gasteiger partial charge in [-0.15, -0.1) is 0 Å². The summed E-state index contributed by atoms with van der Waals surface area (Å²) in [6.45, 7) is 0.821. The van der Waals surface area contributed by atoms with E-state index in [1.54, 1.807) is 0 Å². The summed E-state index contributed by atoms with van der Waals surface area (Å²) < 4.78 is 22.5. The van der Waals surface area contributed by atoms with Gasteiger partial charge in [-0.1, -0.05) is 60.7 Å². The van der Waals surface area contributed by atoms with Crippen LogP contribution in [0, 0.1) is 0 Å². The maximum absolute atomic E-state index is 10.5. The molecule has 2 N–H and O–H groups in total. The van der Waals surface area contributed by atoms with Gasteiger partial charge in [-0.05, 0) is 11.1 Å². The van der Waals surface area contributed by atoms with Gasteiger partial charge in [-0.3, -0.25) is 0 Å². The monoisotopic (exact) mass is 374 g/mol. The topological polar surface area (TPSA) is 77.4 Å². The minimum Gasteiger partial charge on any atom is -0.387 e. The molecule has 6 heteroatoms. The average molecular weight is 374 g/mol. The van der Waals surface area contributed by atoms with Crippen molar-refractivity contribution in [2.75, 3.05) is 13.7 Å². The number of methoxy groups -OCH3 is 1. The van der Waals surface area contributed by atoms with Crippen LogP contribution in [0.2, 0.25) is 0 Å². The van der Waals surface area contributed by atoms with E-state index in [1.165, 1.54) is 7.11 Å². The summed E-state index contributed by atoms with van der Waals surface area (Å²) >= 11 is 0. The quantitative estimate of drug-likeness (QED) is 0.735. The van der Waals surface area contributed by atoms with Crippen molar-refractivity contribution in [1.82, 2.24) is 0 Å². The highest BCUT2D eigenvalue weighted by molar-refractivity contribution is 5.14. The SMILES string of the molecule is CO[C@H]1OC(COCc2ccccc2)[C@@H](O)C(O)C1OCc1ccccc1. The standard InChI is InChI=1S/C21H26O6/c1-24-21-20(26-13-16-10-6-3-7-11-16)19(23)18(22)17(27-21)14-25-12-15-8-4-2-5-9-15/h2-11,17-23H,12-14H2,1H3/t17?,18-,19?,20?,21+/m1/s1. The Bertz CT molecular complexity index is 661. The third-order valence-electron chi connectivity index (χ3n) is 4.56. The Hall–Kier alpha value is -1.80. The van der Waals surface area contributed by atoms with E-state index in [0.29, 0.717) is 6.61 Å². The van der Waals surface area contributed by atoms with Crippen LogP contribution in [0.3, 0.4) is 0 Å². The van der Waals surface area contributed by atoms with Gasteiger partial charge in [-0.25, -0.2) is 0 Å². The Labute approximate surface area is 159 Å². The minimum absolute atomic E-state index is 0.137. The second kappa shape index (κ2) is 9.94. The fraction of sp³-hybridized carbons (Fsp3) is 0.429. The Morgan fingerprint density at radius 3 is 2.04 bits per heavy atom. The fourth-order valence-corrected chi connectivity index (χ4v) is 3.04. The van der Waals surface area contributed by atoms with Crippen molar-refractivity contribution in [2.24, 2.45) is 0 Å². The smallest absolute Gasteiger partial charge is 0.186 e. The van der Waals surface area contributed by atoms with Crippen molar-refractivity contribution in [2.45, 2.75) is 43.9 Å². The van der Waals surface area contributed by atoms with Crippen LogP contribution < -0.4 is 0 Å². The average Bonchev–Trinajstić information content (AvgIpc) is 2.72. The van der Waals surface area contributed by atoms with E-state index in [9.17, 15) is 10.2 Å². The highest BCUT2D eigenvalue weighted by atomic mass is 16.7. The molecule has 3 rings (SSSR count). The molecule has 1 aliphatic heterocycles.